The number of amides is 2. The van der Waals surface area contributed by atoms with E-state index in [-0.39, 0.29) is 23.7 Å². The molecule has 156 valence electrons. The zero-order chi connectivity index (χ0) is 20.3. The van der Waals surface area contributed by atoms with Crippen molar-refractivity contribution in [3.05, 3.63) is 23.5 Å². The quantitative estimate of drug-likeness (QED) is 0.791. The van der Waals surface area contributed by atoms with E-state index in [1.165, 1.54) is 12.1 Å². The van der Waals surface area contributed by atoms with E-state index < -0.39 is 12.5 Å². The van der Waals surface area contributed by atoms with Crippen molar-refractivity contribution in [1.29, 1.82) is 0 Å². The molecule has 2 aliphatic heterocycles. The van der Waals surface area contributed by atoms with Gasteiger partial charge in [-0.15, -0.1) is 0 Å². The van der Waals surface area contributed by atoms with Gasteiger partial charge in [-0.2, -0.15) is 8.78 Å². The van der Waals surface area contributed by atoms with E-state index in [0.717, 1.165) is 17.4 Å². The van der Waals surface area contributed by atoms with Crippen LogP contribution in [0, 0.1) is 6.92 Å². The molecule has 2 aliphatic rings. The first kappa shape index (κ1) is 20.7. The smallest absolute Gasteiger partial charge is 0.319 e. The fourth-order valence-electron chi connectivity index (χ4n) is 4.02. The van der Waals surface area contributed by atoms with Gasteiger partial charge in [-0.1, -0.05) is 0 Å². The topological polar surface area (TPSA) is 66.8 Å². The van der Waals surface area contributed by atoms with Crippen molar-refractivity contribution in [2.75, 3.05) is 39.9 Å². The summed E-state index contributed by atoms with van der Waals surface area (Å²) in [5, 5.41) is 2.77. The minimum Gasteiger partial charge on any atom is -0.378 e. The fraction of sp³-hybridized carbons (Fsp3) is 0.684. The van der Waals surface area contributed by atoms with Crippen molar-refractivity contribution in [2.45, 2.75) is 44.8 Å². The van der Waals surface area contributed by atoms with Crippen molar-refractivity contribution < 1.29 is 23.1 Å². The molecule has 0 aromatic carbocycles. The number of aromatic nitrogens is 1. The Morgan fingerprint density at radius 1 is 1.21 bits per heavy atom. The first-order valence-corrected chi connectivity index (χ1v) is 9.70. The van der Waals surface area contributed by atoms with Gasteiger partial charge in [0.05, 0.1) is 13.2 Å². The van der Waals surface area contributed by atoms with Gasteiger partial charge in [0.1, 0.15) is 5.69 Å². The average Bonchev–Trinajstić information content (AvgIpc) is 3.24. The predicted octanol–water partition coefficient (Wildman–Crippen LogP) is 1.63. The standard InChI is InChI=1S/C19H28F2N4O3/c1-13-3-6-16(25(13)19(20)21)18(27)22-12-15-5-4-14(23(15)2)11-17(26)24-7-9-28-10-8-24/h3,6,14-15,19H,4-5,7-12H2,1-2H3,(H,22,27)/t14-,15+/m1/s1. The number of rotatable bonds is 6. The average molecular weight is 398 g/mol. The number of aryl methyl sites for hydroxylation is 1. The van der Waals surface area contributed by atoms with E-state index in [1.54, 1.807) is 6.92 Å². The number of nitrogens with zero attached hydrogens (tertiary/aromatic N) is 3. The number of carbonyl (C=O) groups is 2. The number of morpholine rings is 1. The van der Waals surface area contributed by atoms with Crippen molar-refractivity contribution in [3.63, 3.8) is 0 Å². The van der Waals surface area contributed by atoms with Gasteiger partial charge in [-0.05, 0) is 38.9 Å². The highest BCUT2D eigenvalue weighted by Crippen LogP contribution is 2.25. The molecule has 2 amide bonds. The molecule has 0 bridgehead atoms. The molecule has 1 N–H and O–H groups in total. The summed E-state index contributed by atoms with van der Waals surface area (Å²) < 4.78 is 32.3. The Morgan fingerprint density at radius 3 is 2.57 bits per heavy atom. The van der Waals surface area contributed by atoms with Crippen LogP contribution in [0.3, 0.4) is 0 Å². The molecule has 3 heterocycles. The van der Waals surface area contributed by atoms with Crippen LogP contribution in [0.25, 0.3) is 0 Å². The van der Waals surface area contributed by atoms with Crippen LogP contribution in [0.4, 0.5) is 8.78 Å². The van der Waals surface area contributed by atoms with Gasteiger partial charge < -0.3 is 15.0 Å². The molecular weight excluding hydrogens is 370 g/mol. The molecular formula is C19H28F2N4O3. The number of hydrogen-bond donors (Lipinski definition) is 1. The van der Waals surface area contributed by atoms with E-state index in [9.17, 15) is 18.4 Å². The van der Waals surface area contributed by atoms with Crippen molar-refractivity contribution in [3.8, 4) is 0 Å². The second-order valence-electron chi connectivity index (χ2n) is 7.47. The van der Waals surface area contributed by atoms with Gasteiger partial charge in [0.15, 0.2) is 0 Å². The molecule has 2 fully saturated rings. The van der Waals surface area contributed by atoms with Crippen LogP contribution in [0.1, 0.15) is 42.0 Å². The lowest BCUT2D eigenvalue weighted by Crippen LogP contribution is -2.45. The Morgan fingerprint density at radius 2 is 1.89 bits per heavy atom. The molecule has 0 unspecified atom stereocenters. The first-order valence-electron chi connectivity index (χ1n) is 9.70. The molecule has 3 rings (SSSR count). The minimum absolute atomic E-state index is 0.0350. The lowest BCUT2D eigenvalue weighted by atomic mass is 10.1. The Balaban J connectivity index is 1.50. The molecule has 0 spiro atoms. The van der Waals surface area contributed by atoms with Crippen LogP contribution in [0.2, 0.25) is 0 Å². The number of likely N-dealkylation sites (tertiary alicyclic amines) is 1. The first-order chi connectivity index (χ1) is 13.4. The summed E-state index contributed by atoms with van der Waals surface area (Å²) in [7, 11) is 1.95. The predicted molar refractivity (Wildman–Crippen MR) is 99.3 cm³/mol. The van der Waals surface area contributed by atoms with Crippen LogP contribution in [-0.2, 0) is 9.53 Å². The summed E-state index contributed by atoms with van der Waals surface area (Å²) in [6, 6.07) is 3.14. The molecule has 9 heteroatoms. The fourth-order valence-corrected chi connectivity index (χ4v) is 4.02. The summed E-state index contributed by atoms with van der Waals surface area (Å²) in [6.07, 6.45) is 2.18. The van der Waals surface area contributed by atoms with Gasteiger partial charge in [-0.25, -0.2) is 0 Å². The molecule has 2 saturated heterocycles. The number of likely N-dealkylation sites (N-methyl/N-ethyl adjacent to an activating group) is 1. The maximum absolute atomic E-state index is 13.1. The third-order valence-electron chi connectivity index (χ3n) is 5.81. The summed E-state index contributed by atoms with van der Waals surface area (Å²) >= 11 is 0. The second kappa shape index (κ2) is 9.00. The van der Waals surface area contributed by atoms with Gasteiger partial charge in [0.25, 0.3) is 5.91 Å². The summed E-state index contributed by atoms with van der Waals surface area (Å²) in [6.45, 7) is 1.60. The number of halogens is 2. The maximum Gasteiger partial charge on any atom is 0.319 e. The molecule has 7 nitrogen and oxygen atoms in total. The summed E-state index contributed by atoms with van der Waals surface area (Å²) in [5.41, 5.74) is 0.312. The number of carbonyl (C=O) groups excluding carboxylic acids is 2. The molecule has 2 atom stereocenters. The second-order valence-corrected chi connectivity index (χ2v) is 7.47. The van der Waals surface area contributed by atoms with Crippen LogP contribution in [0.5, 0.6) is 0 Å². The van der Waals surface area contributed by atoms with E-state index >= 15 is 0 Å². The molecule has 1 aromatic rings. The Kier molecular flexibility index (Phi) is 6.66. The third-order valence-corrected chi connectivity index (χ3v) is 5.81. The van der Waals surface area contributed by atoms with E-state index in [4.69, 9.17) is 4.74 Å². The number of ether oxygens (including phenoxy) is 1. The lowest BCUT2D eigenvalue weighted by Gasteiger charge is -2.30. The highest BCUT2D eigenvalue weighted by atomic mass is 19.3. The van der Waals surface area contributed by atoms with Crippen LogP contribution in [0.15, 0.2) is 12.1 Å². The minimum atomic E-state index is -2.75. The van der Waals surface area contributed by atoms with Crippen molar-refractivity contribution in [1.82, 2.24) is 19.7 Å². The number of alkyl halides is 2. The van der Waals surface area contributed by atoms with Gasteiger partial charge in [0.2, 0.25) is 5.91 Å². The summed E-state index contributed by atoms with van der Waals surface area (Å²) in [4.78, 5) is 28.8. The van der Waals surface area contributed by atoms with Gasteiger partial charge >= 0.3 is 6.55 Å². The normalized spacial score (nSPS) is 23.4. The summed E-state index contributed by atoms with van der Waals surface area (Å²) in [5.74, 6) is -0.371. The van der Waals surface area contributed by atoms with Crippen LogP contribution in [-0.4, -0.2) is 78.2 Å². The monoisotopic (exact) mass is 398 g/mol. The maximum atomic E-state index is 13.1. The largest absolute Gasteiger partial charge is 0.378 e. The third kappa shape index (κ3) is 4.52. The highest BCUT2D eigenvalue weighted by Gasteiger charge is 2.33. The highest BCUT2D eigenvalue weighted by molar-refractivity contribution is 5.93. The van der Waals surface area contributed by atoms with Crippen LogP contribution >= 0.6 is 0 Å². The van der Waals surface area contributed by atoms with E-state index in [2.05, 4.69) is 10.2 Å². The Labute approximate surface area is 163 Å². The molecule has 0 aliphatic carbocycles. The Hall–Kier alpha value is -2.00. The SMILES string of the molecule is Cc1ccc(C(=O)NC[C@@H]2CC[C@H](CC(=O)N3CCOCC3)N2C)n1C(F)F. The molecule has 28 heavy (non-hydrogen) atoms. The zero-order valence-corrected chi connectivity index (χ0v) is 16.4. The van der Waals surface area contributed by atoms with Gasteiger partial charge in [0, 0.05) is 43.8 Å². The lowest BCUT2D eigenvalue weighted by molar-refractivity contribution is -0.136. The van der Waals surface area contributed by atoms with Crippen molar-refractivity contribution >= 4 is 11.8 Å². The number of nitrogens with one attached hydrogen (secondary N) is 1. The zero-order valence-electron chi connectivity index (χ0n) is 16.4. The van der Waals surface area contributed by atoms with Gasteiger partial charge in [-0.3, -0.25) is 19.1 Å². The number of hydrogen-bond acceptors (Lipinski definition) is 4. The molecule has 1 aromatic heterocycles. The van der Waals surface area contributed by atoms with Crippen LogP contribution < -0.4 is 5.32 Å². The molecule has 0 radical (unpaired) electrons. The van der Waals surface area contributed by atoms with E-state index in [0.29, 0.717) is 45.0 Å². The molecule has 0 saturated carbocycles. The van der Waals surface area contributed by atoms with E-state index in [1.807, 2.05) is 11.9 Å². The van der Waals surface area contributed by atoms with Crippen molar-refractivity contribution in [2.24, 2.45) is 0 Å². The Bertz CT molecular complexity index is 703.